The molecule has 1 fully saturated rings. The molecule has 1 aliphatic heterocycles. The minimum absolute atomic E-state index is 0.0789. The Balaban J connectivity index is 2.17. The fourth-order valence-electron chi connectivity index (χ4n) is 2.48. The van der Waals surface area contributed by atoms with Crippen LogP contribution in [0, 0.1) is 0 Å². The lowest BCUT2D eigenvalue weighted by molar-refractivity contribution is 0.190. The number of nitrogens with one attached hydrogen (secondary N) is 1. The Labute approximate surface area is 120 Å². The molecule has 1 saturated heterocycles. The van der Waals surface area contributed by atoms with E-state index in [4.69, 9.17) is 10.9 Å². The summed E-state index contributed by atoms with van der Waals surface area (Å²) in [5.41, 5.74) is 7.07. The normalized spacial score (nSPS) is 24.6. The van der Waals surface area contributed by atoms with E-state index in [0.717, 1.165) is 19.4 Å². The molecule has 0 bridgehead atoms. The predicted molar refractivity (Wildman–Crippen MR) is 81.0 cm³/mol. The number of piperidine rings is 1. The van der Waals surface area contributed by atoms with Crippen molar-refractivity contribution in [3.8, 4) is 0 Å². The summed E-state index contributed by atoms with van der Waals surface area (Å²) < 4.78 is 22.8. The lowest BCUT2D eigenvalue weighted by Crippen LogP contribution is -2.42. The van der Waals surface area contributed by atoms with Crippen LogP contribution in [0.4, 0.5) is 11.4 Å². The molecule has 0 radical (unpaired) electrons. The third-order valence-electron chi connectivity index (χ3n) is 3.92. The first-order chi connectivity index (χ1) is 9.27. The molecule has 0 saturated carbocycles. The van der Waals surface area contributed by atoms with Crippen molar-refractivity contribution in [1.82, 2.24) is 4.90 Å². The molecule has 112 valence electrons. The largest absolute Gasteiger partial charge is 0.397 e. The summed E-state index contributed by atoms with van der Waals surface area (Å²) >= 11 is 0. The molecule has 5 N–H and O–H groups in total. The van der Waals surface area contributed by atoms with Crippen LogP contribution in [0.25, 0.3) is 0 Å². The van der Waals surface area contributed by atoms with E-state index < -0.39 is 10.0 Å². The standard InChI is InChI=1S/C13H22N4O2S/c1-9-7-10(5-6-17(9)2)16-13-8-11(20(15,18)19)3-4-12(13)14/h3-4,8-10,16H,5-7,14H2,1-2H3,(H2,15,18,19). The van der Waals surface area contributed by atoms with Crippen molar-refractivity contribution >= 4 is 21.4 Å². The molecule has 1 aromatic rings. The summed E-state index contributed by atoms with van der Waals surface area (Å²) in [5.74, 6) is 0. The van der Waals surface area contributed by atoms with Gasteiger partial charge in [0, 0.05) is 18.6 Å². The Morgan fingerprint density at radius 1 is 1.40 bits per heavy atom. The first-order valence-corrected chi connectivity index (χ1v) is 8.21. The number of nitrogens with two attached hydrogens (primary N) is 2. The van der Waals surface area contributed by atoms with Gasteiger partial charge in [0.15, 0.2) is 0 Å². The third kappa shape index (κ3) is 3.41. The molecule has 0 spiro atoms. The molecule has 6 nitrogen and oxygen atoms in total. The zero-order valence-electron chi connectivity index (χ0n) is 11.8. The minimum atomic E-state index is -3.71. The maximum atomic E-state index is 11.4. The minimum Gasteiger partial charge on any atom is -0.397 e. The van der Waals surface area contributed by atoms with Gasteiger partial charge in [0.1, 0.15) is 0 Å². The second-order valence-corrected chi connectivity index (χ2v) is 7.05. The highest BCUT2D eigenvalue weighted by atomic mass is 32.2. The molecule has 1 aromatic carbocycles. The summed E-state index contributed by atoms with van der Waals surface area (Å²) in [6, 6.07) is 5.28. The summed E-state index contributed by atoms with van der Waals surface area (Å²) in [6.07, 6.45) is 2.00. The first kappa shape index (κ1) is 15.1. The van der Waals surface area contributed by atoms with Crippen LogP contribution in [0.15, 0.2) is 23.1 Å². The van der Waals surface area contributed by atoms with Crippen LogP contribution in [0.3, 0.4) is 0 Å². The second-order valence-electron chi connectivity index (χ2n) is 5.49. The van der Waals surface area contributed by atoms with Gasteiger partial charge in [-0.25, -0.2) is 13.6 Å². The zero-order valence-corrected chi connectivity index (χ0v) is 12.7. The number of primary sulfonamides is 1. The van der Waals surface area contributed by atoms with Crippen molar-refractivity contribution < 1.29 is 8.42 Å². The molecule has 2 atom stereocenters. The monoisotopic (exact) mass is 298 g/mol. The molecular weight excluding hydrogens is 276 g/mol. The lowest BCUT2D eigenvalue weighted by atomic mass is 9.98. The number of sulfonamides is 1. The Kier molecular flexibility index (Phi) is 4.22. The number of nitrogens with zero attached hydrogens (tertiary/aromatic N) is 1. The molecule has 2 unspecified atom stereocenters. The molecule has 1 aliphatic rings. The first-order valence-electron chi connectivity index (χ1n) is 6.66. The Morgan fingerprint density at radius 2 is 2.10 bits per heavy atom. The molecule has 0 aliphatic carbocycles. The summed E-state index contributed by atoms with van der Waals surface area (Å²) in [7, 11) is -1.60. The van der Waals surface area contributed by atoms with Crippen LogP contribution in [-0.4, -0.2) is 39.0 Å². The predicted octanol–water partition coefficient (Wildman–Crippen LogP) is 0.811. The van der Waals surface area contributed by atoms with E-state index in [-0.39, 0.29) is 4.90 Å². The van der Waals surface area contributed by atoms with Crippen molar-refractivity contribution in [3.05, 3.63) is 18.2 Å². The van der Waals surface area contributed by atoms with Crippen LogP contribution < -0.4 is 16.2 Å². The van der Waals surface area contributed by atoms with Crippen molar-refractivity contribution in [2.45, 2.75) is 36.7 Å². The Morgan fingerprint density at radius 3 is 2.70 bits per heavy atom. The quantitative estimate of drug-likeness (QED) is 0.717. The van der Waals surface area contributed by atoms with Gasteiger partial charge in [0.25, 0.3) is 0 Å². The zero-order chi connectivity index (χ0) is 14.9. The summed E-state index contributed by atoms with van der Waals surface area (Å²) in [6.45, 7) is 3.19. The van der Waals surface area contributed by atoms with Crippen LogP contribution in [0.2, 0.25) is 0 Å². The van der Waals surface area contributed by atoms with E-state index in [1.165, 1.54) is 12.1 Å². The molecule has 20 heavy (non-hydrogen) atoms. The van der Waals surface area contributed by atoms with Gasteiger partial charge in [0.05, 0.1) is 16.3 Å². The van der Waals surface area contributed by atoms with Crippen LogP contribution in [0.1, 0.15) is 19.8 Å². The van der Waals surface area contributed by atoms with E-state index in [1.54, 1.807) is 6.07 Å². The fraction of sp³-hybridized carbons (Fsp3) is 0.538. The number of rotatable bonds is 3. The maximum Gasteiger partial charge on any atom is 0.238 e. The molecule has 0 amide bonds. The number of hydrogen-bond donors (Lipinski definition) is 3. The Bertz CT molecular complexity index is 588. The molecule has 7 heteroatoms. The van der Waals surface area contributed by atoms with Crippen LogP contribution in [-0.2, 0) is 10.0 Å². The number of anilines is 2. The third-order valence-corrected chi connectivity index (χ3v) is 4.83. The van der Waals surface area contributed by atoms with Crippen molar-refractivity contribution in [2.75, 3.05) is 24.6 Å². The SMILES string of the molecule is CC1CC(Nc2cc(S(N)(=O)=O)ccc2N)CCN1C. The van der Waals surface area contributed by atoms with Gasteiger partial charge in [-0.3, -0.25) is 0 Å². The number of benzene rings is 1. The summed E-state index contributed by atoms with van der Waals surface area (Å²) in [4.78, 5) is 2.39. The smallest absolute Gasteiger partial charge is 0.238 e. The van der Waals surface area contributed by atoms with Crippen molar-refractivity contribution in [3.63, 3.8) is 0 Å². The van der Waals surface area contributed by atoms with Crippen LogP contribution >= 0.6 is 0 Å². The molecule has 2 rings (SSSR count). The van der Waals surface area contributed by atoms with Gasteiger partial charge in [-0.2, -0.15) is 0 Å². The van der Waals surface area contributed by atoms with Gasteiger partial charge >= 0.3 is 0 Å². The average molecular weight is 298 g/mol. The summed E-state index contributed by atoms with van der Waals surface area (Å²) in [5, 5.41) is 8.49. The van der Waals surface area contributed by atoms with Gasteiger partial charge in [-0.1, -0.05) is 0 Å². The maximum absolute atomic E-state index is 11.4. The van der Waals surface area contributed by atoms with Gasteiger partial charge in [-0.15, -0.1) is 0 Å². The Hall–Kier alpha value is -1.31. The molecular formula is C13H22N4O2S. The van der Waals surface area contributed by atoms with Gasteiger partial charge in [-0.05, 0) is 45.0 Å². The molecule has 1 heterocycles. The van der Waals surface area contributed by atoms with E-state index in [9.17, 15) is 8.42 Å². The second kappa shape index (κ2) is 5.59. The van der Waals surface area contributed by atoms with Crippen molar-refractivity contribution in [1.29, 1.82) is 0 Å². The highest BCUT2D eigenvalue weighted by Gasteiger charge is 2.23. The number of hydrogen-bond acceptors (Lipinski definition) is 5. The van der Waals surface area contributed by atoms with Gasteiger partial charge < -0.3 is 16.0 Å². The number of nitrogen functional groups attached to an aromatic ring is 1. The highest BCUT2D eigenvalue weighted by Crippen LogP contribution is 2.26. The van der Waals surface area contributed by atoms with Crippen LogP contribution in [0.5, 0.6) is 0 Å². The molecule has 0 aromatic heterocycles. The highest BCUT2D eigenvalue weighted by molar-refractivity contribution is 7.89. The van der Waals surface area contributed by atoms with Crippen molar-refractivity contribution in [2.24, 2.45) is 5.14 Å². The lowest BCUT2D eigenvalue weighted by Gasteiger charge is -2.36. The van der Waals surface area contributed by atoms with Gasteiger partial charge in [0.2, 0.25) is 10.0 Å². The fourth-order valence-corrected chi connectivity index (χ4v) is 3.02. The van der Waals surface area contributed by atoms with E-state index >= 15 is 0 Å². The van der Waals surface area contributed by atoms with E-state index in [0.29, 0.717) is 23.5 Å². The van der Waals surface area contributed by atoms with E-state index in [2.05, 4.69) is 24.2 Å². The number of likely N-dealkylation sites (tertiary alicyclic amines) is 1. The topological polar surface area (TPSA) is 101 Å². The van der Waals surface area contributed by atoms with E-state index in [1.807, 2.05) is 0 Å². The average Bonchev–Trinajstić information content (AvgIpc) is 2.35.